The second-order valence-corrected chi connectivity index (χ2v) is 5.04. The summed E-state index contributed by atoms with van der Waals surface area (Å²) >= 11 is 10.00. The molecule has 1 N–H and O–H groups in total. The van der Waals surface area contributed by atoms with Crippen molar-refractivity contribution in [3.8, 4) is 5.75 Å². The summed E-state index contributed by atoms with van der Waals surface area (Å²) in [5.41, 5.74) is 0. The van der Waals surface area contributed by atoms with Gasteiger partial charge in [0.05, 0.1) is 8.95 Å². The van der Waals surface area contributed by atoms with E-state index >= 15 is 0 Å². The SMILES string of the molecule is CC(O)Oc1c(Br)cc(Br)cc1Br. The summed E-state index contributed by atoms with van der Waals surface area (Å²) in [4.78, 5) is 0. The third-order valence-corrected chi connectivity index (χ3v) is 2.89. The summed E-state index contributed by atoms with van der Waals surface area (Å²) in [5.74, 6) is 0.596. The summed E-state index contributed by atoms with van der Waals surface area (Å²) in [7, 11) is 0. The highest BCUT2D eigenvalue weighted by atomic mass is 79.9. The molecule has 1 aromatic carbocycles. The van der Waals surface area contributed by atoms with Gasteiger partial charge in [-0.1, -0.05) is 15.9 Å². The molecule has 0 aliphatic rings. The molecule has 0 saturated heterocycles. The highest BCUT2D eigenvalue weighted by Gasteiger charge is 2.09. The van der Waals surface area contributed by atoms with E-state index in [2.05, 4.69) is 47.8 Å². The van der Waals surface area contributed by atoms with E-state index in [0.717, 1.165) is 13.4 Å². The lowest BCUT2D eigenvalue weighted by Gasteiger charge is -2.12. The summed E-state index contributed by atoms with van der Waals surface area (Å²) < 4.78 is 7.68. The van der Waals surface area contributed by atoms with Gasteiger partial charge in [0, 0.05) is 4.47 Å². The van der Waals surface area contributed by atoms with Crippen molar-refractivity contribution in [2.24, 2.45) is 0 Å². The summed E-state index contributed by atoms with van der Waals surface area (Å²) in [5, 5.41) is 9.05. The molecule has 0 amide bonds. The molecule has 0 aliphatic carbocycles. The zero-order valence-corrected chi connectivity index (χ0v) is 11.5. The molecule has 1 aromatic rings. The standard InChI is InChI=1S/C8H7Br3O2/c1-4(12)13-8-6(10)2-5(9)3-7(8)11/h2-4,12H,1H3. The van der Waals surface area contributed by atoms with Crippen LogP contribution in [0, 0.1) is 0 Å². The Bertz CT molecular complexity index is 289. The van der Waals surface area contributed by atoms with Crippen LogP contribution >= 0.6 is 47.8 Å². The van der Waals surface area contributed by atoms with Crippen molar-refractivity contribution in [3.63, 3.8) is 0 Å². The summed E-state index contributed by atoms with van der Waals surface area (Å²) in [6.45, 7) is 1.56. The lowest BCUT2D eigenvalue weighted by atomic mass is 10.3. The molecular weight excluding hydrogens is 368 g/mol. The van der Waals surface area contributed by atoms with Gasteiger partial charge in [0.25, 0.3) is 0 Å². The van der Waals surface area contributed by atoms with Crippen LogP contribution in [0.4, 0.5) is 0 Å². The number of hydrogen-bond donors (Lipinski definition) is 1. The Hall–Kier alpha value is 0.420. The van der Waals surface area contributed by atoms with Crippen molar-refractivity contribution in [2.75, 3.05) is 0 Å². The molecule has 0 radical (unpaired) electrons. The number of aliphatic hydroxyl groups is 1. The molecule has 1 atom stereocenters. The van der Waals surface area contributed by atoms with Crippen LogP contribution in [0.5, 0.6) is 5.75 Å². The Balaban J connectivity index is 3.06. The van der Waals surface area contributed by atoms with Crippen molar-refractivity contribution in [2.45, 2.75) is 13.2 Å². The molecule has 0 aliphatic heterocycles. The fourth-order valence-corrected chi connectivity index (χ4v) is 3.26. The van der Waals surface area contributed by atoms with E-state index in [4.69, 9.17) is 9.84 Å². The first-order valence-electron chi connectivity index (χ1n) is 3.50. The van der Waals surface area contributed by atoms with Crippen LogP contribution in [0.15, 0.2) is 25.6 Å². The van der Waals surface area contributed by atoms with Gasteiger partial charge in [0.2, 0.25) is 0 Å². The van der Waals surface area contributed by atoms with Crippen LogP contribution in [0.3, 0.4) is 0 Å². The molecule has 0 spiro atoms. The molecule has 2 nitrogen and oxygen atoms in total. The smallest absolute Gasteiger partial charge is 0.194 e. The second kappa shape index (κ2) is 4.77. The minimum atomic E-state index is -0.825. The Labute approximate surface area is 102 Å². The van der Waals surface area contributed by atoms with E-state index in [9.17, 15) is 0 Å². The average molecular weight is 375 g/mol. The minimum absolute atomic E-state index is 0.596. The molecule has 0 fully saturated rings. The summed E-state index contributed by atoms with van der Waals surface area (Å²) in [6, 6.07) is 3.70. The fraction of sp³-hybridized carbons (Fsp3) is 0.250. The highest BCUT2D eigenvalue weighted by Crippen LogP contribution is 2.36. The van der Waals surface area contributed by atoms with Crippen molar-refractivity contribution in [3.05, 3.63) is 25.6 Å². The van der Waals surface area contributed by atoms with Crippen LogP contribution < -0.4 is 4.74 Å². The Kier molecular flexibility index (Phi) is 4.22. The molecule has 72 valence electrons. The fourth-order valence-electron chi connectivity index (χ4n) is 0.812. The van der Waals surface area contributed by atoms with Gasteiger partial charge in [0.1, 0.15) is 0 Å². The van der Waals surface area contributed by atoms with Crippen molar-refractivity contribution in [1.29, 1.82) is 0 Å². The number of rotatable bonds is 2. The third kappa shape index (κ3) is 3.23. The van der Waals surface area contributed by atoms with Crippen LogP contribution in [-0.2, 0) is 0 Å². The van der Waals surface area contributed by atoms with Crippen molar-refractivity contribution < 1.29 is 9.84 Å². The molecule has 0 bridgehead atoms. The van der Waals surface area contributed by atoms with E-state index in [0.29, 0.717) is 5.75 Å². The van der Waals surface area contributed by atoms with E-state index in [1.54, 1.807) is 6.92 Å². The Morgan fingerprint density at radius 3 is 2.08 bits per heavy atom. The Morgan fingerprint density at radius 2 is 1.69 bits per heavy atom. The van der Waals surface area contributed by atoms with E-state index in [1.807, 2.05) is 12.1 Å². The van der Waals surface area contributed by atoms with Crippen molar-refractivity contribution in [1.82, 2.24) is 0 Å². The number of benzene rings is 1. The van der Waals surface area contributed by atoms with Crippen LogP contribution in [-0.4, -0.2) is 11.4 Å². The predicted octanol–water partition coefficient (Wildman–Crippen LogP) is 3.69. The van der Waals surface area contributed by atoms with Crippen molar-refractivity contribution >= 4 is 47.8 Å². The molecule has 1 unspecified atom stereocenters. The second-order valence-electron chi connectivity index (χ2n) is 2.42. The molecule has 13 heavy (non-hydrogen) atoms. The number of halogens is 3. The molecule has 0 heterocycles. The molecule has 5 heteroatoms. The van der Waals surface area contributed by atoms with E-state index in [1.165, 1.54) is 0 Å². The molecule has 0 aromatic heterocycles. The maximum Gasteiger partial charge on any atom is 0.194 e. The van der Waals surface area contributed by atoms with Gasteiger partial charge >= 0.3 is 0 Å². The largest absolute Gasteiger partial charge is 0.463 e. The van der Waals surface area contributed by atoms with E-state index in [-0.39, 0.29) is 0 Å². The molecule has 1 rings (SSSR count). The van der Waals surface area contributed by atoms with Crippen LogP contribution in [0.1, 0.15) is 6.92 Å². The van der Waals surface area contributed by atoms with E-state index < -0.39 is 6.29 Å². The highest BCUT2D eigenvalue weighted by molar-refractivity contribution is 9.11. The Morgan fingerprint density at radius 1 is 1.23 bits per heavy atom. The van der Waals surface area contributed by atoms with Gasteiger partial charge < -0.3 is 9.84 Å². The normalized spacial score (nSPS) is 12.7. The zero-order valence-electron chi connectivity index (χ0n) is 6.72. The van der Waals surface area contributed by atoms with Gasteiger partial charge in [-0.05, 0) is 50.9 Å². The lowest BCUT2D eigenvalue weighted by molar-refractivity contribution is -0.00145. The first-order chi connectivity index (χ1) is 6.00. The maximum absolute atomic E-state index is 9.05. The van der Waals surface area contributed by atoms with Gasteiger partial charge in [-0.15, -0.1) is 0 Å². The zero-order chi connectivity index (χ0) is 10.0. The number of hydrogen-bond acceptors (Lipinski definition) is 2. The molecule has 0 saturated carbocycles. The first-order valence-corrected chi connectivity index (χ1v) is 5.88. The number of ether oxygens (including phenoxy) is 1. The number of aliphatic hydroxyl groups excluding tert-OH is 1. The predicted molar refractivity (Wildman–Crippen MR) is 61.9 cm³/mol. The summed E-state index contributed by atoms with van der Waals surface area (Å²) in [6.07, 6.45) is -0.825. The van der Waals surface area contributed by atoms with Gasteiger partial charge in [0.15, 0.2) is 12.0 Å². The van der Waals surface area contributed by atoms with Crippen LogP contribution in [0.25, 0.3) is 0 Å². The monoisotopic (exact) mass is 372 g/mol. The molecular formula is C8H7Br3O2. The van der Waals surface area contributed by atoms with Gasteiger partial charge in [-0.2, -0.15) is 0 Å². The topological polar surface area (TPSA) is 29.5 Å². The minimum Gasteiger partial charge on any atom is -0.463 e. The van der Waals surface area contributed by atoms with Crippen LogP contribution in [0.2, 0.25) is 0 Å². The third-order valence-electron chi connectivity index (χ3n) is 1.25. The lowest BCUT2D eigenvalue weighted by Crippen LogP contribution is -2.10. The first kappa shape index (κ1) is 11.5. The average Bonchev–Trinajstić information content (AvgIpc) is 1.96. The maximum atomic E-state index is 9.05. The quantitative estimate of drug-likeness (QED) is 0.800. The van der Waals surface area contributed by atoms with Gasteiger partial charge in [-0.3, -0.25) is 0 Å². The van der Waals surface area contributed by atoms with Gasteiger partial charge in [-0.25, -0.2) is 0 Å².